The first-order chi connectivity index (χ1) is 9.33. The highest BCUT2D eigenvalue weighted by Crippen LogP contribution is 2.24. The Bertz CT molecular complexity index is 503. The van der Waals surface area contributed by atoms with Crippen LogP contribution in [0.25, 0.3) is 10.8 Å². The third-order valence-electron chi connectivity index (χ3n) is 3.59. The van der Waals surface area contributed by atoms with E-state index in [0.717, 1.165) is 36.1 Å². The predicted octanol–water partition coefficient (Wildman–Crippen LogP) is 2.59. The van der Waals surface area contributed by atoms with E-state index in [-0.39, 0.29) is 0 Å². The van der Waals surface area contributed by atoms with Crippen LogP contribution < -0.4 is 5.32 Å². The Kier molecular flexibility index (Phi) is 3.96. The minimum atomic E-state index is 0.627. The Labute approximate surface area is 117 Å². The number of piperidine rings is 1. The average molecular weight is 277 g/mol. The van der Waals surface area contributed by atoms with Gasteiger partial charge >= 0.3 is 0 Å². The van der Waals surface area contributed by atoms with E-state index in [1.54, 1.807) is 17.6 Å². The van der Waals surface area contributed by atoms with Crippen LogP contribution in [0.5, 0.6) is 0 Å². The minimum absolute atomic E-state index is 0.627. The first-order valence-electron chi connectivity index (χ1n) is 6.72. The molecule has 1 N–H and O–H groups in total. The Morgan fingerprint density at radius 2 is 2.53 bits per heavy atom. The summed E-state index contributed by atoms with van der Waals surface area (Å²) in [5.74, 6) is 0.859. The number of thiazole rings is 1. The summed E-state index contributed by atoms with van der Waals surface area (Å²) in [6.07, 6.45) is 4.23. The first-order valence-corrected chi connectivity index (χ1v) is 7.60. The second kappa shape index (κ2) is 5.86. The van der Waals surface area contributed by atoms with Crippen molar-refractivity contribution in [2.75, 3.05) is 20.1 Å². The Hall–Kier alpha value is -1.17. The summed E-state index contributed by atoms with van der Waals surface area (Å²) in [4.78, 5) is 7.05. The second-order valence-corrected chi connectivity index (χ2v) is 5.89. The predicted molar refractivity (Wildman–Crippen MR) is 77.2 cm³/mol. The molecule has 5 heteroatoms. The zero-order valence-electron chi connectivity index (χ0n) is 11.1. The van der Waals surface area contributed by atoms with Gasteiger partial charge in [0, 0.05) is 24.5 Å². The fraction of sp³-hybridized carbons (Fsp3) is 0.500. The number of hydrogen-bond acceptors (Lipinski definition) is 5. The van der Waals surface area contributed by atoms with Crippen molar-refractivity contribution in [3.05, 3.63) is 29.5 Å². The van der Waals surface area contributed by atoms with Crippen molar-refractivity contribution >= 4 is 11.3 Å². The molecular weight excluding hydrogens is 258 g/mol. The van der Waals surface area contributed by atoms with Crippen molar-refractivity contribution in [2.24, 2.45) is 0 Å². The lowest BCUT2D eigenvalue weighted by molar-refractivity contribution is 0.194. The van der Waals surface area contributed by atoms with Crippen molar-refractivity contribution in [1.29, 1.82) is 0 Å². The lowest BCUT2D eigenvalue weighted by Crippen LogP contribution is -2.43. The van der Waals surface area contributed by atoms with Crippen molar-refractivity contribution in [3.8, 4) is 10.8 Å². The van der Waals surface area contributed by atoms with Gasteiger partial charge in [-0.3, -0.25) is 4.90 Å². The van der Waals surface area contributed by atoms with Crippen LogP contribution in [-0.4, -0.2) is 36.1 Å². The molecule has 2 aromatic heterocycles. The molecule has 1 atom stereocenters. The summed E-state index contributed by atoms with van der Waals surface area (Å²) in [7, 11) is 2.18. The molecule has 1 unspecified atom stereocenters. The van der Waals surface area contributed by atoms with Crippen LogP contribution in [0.2, 0.25) is 0 Å². The first kappa shape index (κ1) is 12.8. The molecule has 0 bridgehead atoms. The lowest BCUT2D eigenvalue weighted by atomic mass is 10.1. The van der Waals surface area contributed by atoms with Crippen LogP contribution in [0.1, 0.15) is 18.5 Å². The molecule has 0 amide bonds. The number of furan rings is 1. The molecule has 0 aromatic carbocycles. The smallest absolute Gasteiger partial charge is 0.162 e. The number of nitrogens with zero attached hydrogens (tertiary/aromatic N) is 2. The number of nitrogens with one attached hydrogen (secondary N) is 1. The van der Waals surface area contributed by atoms with Gasteiger partial charge in [-0.15, -0.1) is 11.3 Å². The summed E-state index contributed by atoms with van der Waals surface area (Å²) >= 11 is 1.65. The van der Waals surface area contributed by atoms with Crippen molar-refractivity contribution in [2.45, 2.75) is 25.4 Å². The van der Waals surface area contributed by atoms with Gasteiger partial charge in [-0.25, -0.2) is 4.98 Å². The molecule has 3 rings (SSSR count). The SMILES string of the molecule is CN(Cc1csc(-c2ccco2)n1)C1CCCNC1. The Morgan fingerprint density at radius 3 is 3.26 bits per heavy atom. The highest BCUT2D eigenvalue weighted by molar-refractivity contribution is 7.13. The fourth-order valence-corrected chi connectivity index (χ4v) is 3.26. The molecule has 0 aliphatic carbocycles. The molecule has 19 heavy (non-hydrogen) atoms. The molecule has 1 fully saturated rings. The van der Waals surface area contributed by atoms with Gasteiger partial charge in [0.2, 0.25) is 0 Å². The number of rotatable bonds is 4. The maximum atomic E-state index is 5.38. The summed E-state index contributed by atoms with van der Waals surface area (Å²) < 4.78 is 5.38. The second-order valence-electron chi connectivity index (χ2n) is 5.04. The third kappa shape index (κ3) is 3.05. The van der Waals surface area contributed by atoms with Crippen LogP contribution in [-0.2, 0) is 6.54 Å². The molecule has 4 nitrogen and oxygen atoms in total. The molecule has 102 valence electrons. The average Bonchev–Trinajstić information content (AvgIpc) is 3.10. The van der Waals surface area contributed by atoms with E-state index in [9.17, 15) is 0 Å². The van der Waals surface area contributed by atoms with Crippen LogP contribution in [0.15, 0.2) is 28.2 Å². The van der Waals surface area contributed by atoms with Crippen LogP contribution in [0, 0.1) is 0 Å². The number of hydrogen-bond donors (Lipinski definition) is 1. The molecule has 1 aliphatic rings. The number of likely N-dealkylation sites (N-methyl/N-ethyl adjacent to an activating group) is 1. The van der Waals surface area contributed by atoms with E-state index in [0.29, 0.717) is 6.04 Å². The van der Waals surface area contributed by atoms with Gasteiger partial charge in [0.25, 0.3) is 0 Å². The quantitative estimate of drug-likeness (QED) is 0.932. The monoisotopic (exact) mass is 277 g/mol. The molecule has 3 heterocycles. The highest BCUT2D eigenvalue weighted by atomic mass is 32.1. The van der Waals surface area contributed by atoms with Gasteiger partial charge in [0.1, 0.15) is 0 Å². The summed E-state index contributed by atoms with van der Waals surface area (Å²) in [5.41, 5.74) is 1.13. The van der Waals surface area contributed by atoms with E-state index >= 15 is 0 Å². The zero-order valence-corrected chi connectivity index (χ0v) is 11.9. The number of aromatic nitrogens is 1. The molecule has 1 saturated heterocycles. The van der Waals surface area contributed by atoms with Crippen molar-refractivity contribution < 1.29 is 4.42 Å². The molecule has 0 spiro atoms. The van der Waals surface area contributed by atoms with Crippen LogP contribution >= 0.6 is 11.3 Å². The van der Waals surface area contributed by atoms with Gasteiger partial charge < -0.3 is 9.73 Å². The van der Waals surface area contributed by atoms with Gasteiger partial charge in [-0.05, 0) is 38.6 Å². The van der Waals surface area contributed by atoms with Gasteiger partial charge in [-0.2, -0.15) is 0 Å². The largest absolute Gasteiger partial charge is 0.462 e. The molecule has 2 aromatic rings. The van der Waals surface area contributed by atoms with Gasteiger partial charge in [0.05, 0.1) is 12.0 Å². The minimum Gasteiger partial charge on any atom is -0.462 e. The van der Waals surface area contributed by atoms with Gasteiger partial charge in [0.15, 0.2) is 10.8 Å². The lowest BCUT2D eigenvalue weighted by Gasteiger charge is -2.31. The fourth-order valence-electron chi connectivity index (χ4n) is 2.49. The third-order valence-corrected chi connectivity index (χ3v) is 4.49. The van der Waals surface area contributed by atoms with E-state index in [1.807, 2.05) is 12.1 Å². The van der Waals surface area contributed by atoms with E-state index in [4.69, 9.17) is 4.42 Å². The highest BCUT2D eigenvalue weighted by Gasteiger charge is 2.18. The summed E-state index contributed by atoms with van der Waals surface area (Å²) in [6, 6.07) is 4.48. The maximum Gasteiger partial charge on any atom is 0.162 e. The standard InChI is InChI=1S/C14H19N3OS/c1-17(12-4-2-6-15-8-12)9-11-10-19-14(16-11)13-5-3-7-18-13/h3,5,7,10,12,15H,2,4,6,8-9H2,1H3. The van der Waals surface area contributed by atoms with Crippen molar-refractivity contribution in [3.63, 3.8) is 0 Å². The Morgan fingerprint density at radius 1 is 1.58 bits per heavy atom. The van der Waals surface area contributed by atoms with E-state index < -0.39 is 0 Å². The van der Waals surface area contributed by atoms with Crippen molar-refractivity contribution in [1.82, 2.24) is 15.2 Å². The summed E-state index contributed by atoms with van der Waals surface area (Å²) in [5, 5.41) is 6.55. The van der Waals surface area contributed by atoms with E-state index in [2.05, 4.69) is 27.6 Å². The molecular formula is C14H19N3OS. The van der Waals surface area contributed by atoms with Gasteiger partial charge in [-0.1, -0.05) is 0 Å². The maximum absolute atomic E-state index is 5.38. The normalized spacial score (nSPS) is 20.0. The summed E-state index contributed by atoms with van der Waals surface area (Å²) in [6.45, 7) is 3.15. The zero-order chi connectivity index (χ0) is 13.1. The topological polar surface area (TPSA) is 41.3 Å². The van der Waals surface area contributed by atoms with Crippen LogP contribution in [0.4, 0.5) is 0 Å². The molecule has 1 aliphatic heterocycles. The molecule has 0 radical (unpaired) electrons. The Balaban J connectivity index is 1.63. The van der Waals surface area contributed by atoms with E-state index in [1.165, 1.54) is 12.8 Å². The van der Waals surface area contributed by atoms with Crippen LogP contribution in [0.3, 0.4) is 0 Å². The molecule has 0 saturated carbocycles.